The molecule has 2 amide bonds. The number of carbonyl (C=O) groups excluding carboxylic acids is 1. The number of likely N-dealkylation sites (tertiary alicyclic amines) is 1. The van der Waals surface area contributed by atoms with Gasteiger partial charge in [-0.05, 0) is 32.8 Å². The van der Waals surface area contributed by atoms with Crippen LogP contribution in [-0.2, 0) is 4.74 Å². The molecule has 0 aliphatic carbocycles. The Morgan fingerprint density at radius 3 is 2.62 bits per heavy atom. The minimum atomic E-state index is -0.823. The van der Waals surface area contributed by atoms with E-state index >= 15 is 0 Å². The fraction of sp³-hybridized carbons (Fsp3) is 0.611. The summed E-state index contributed by atoms with van der Waals surface area (Å²) in [6.45, 7) is 5.30. The Morgan fingerprint density at radius 2 is 2.04 bits per heavy atom. The number of piperidine rings is 1. The SMILES string of the molecule is COCC1(O)CCN(C(=O)N[C@H](C)c2cc(C)ccc2OC)CC1. The van der Waals surface area contributed by atoms with Crippen LogP contribution in [0.5, 0.6) is 5.75 Å². The predicted molar refractivity (Wildman–Crippen MR) is 92.3 cm³/mol. The molecule has 1 saturated heterocycles. The second-order valence-corrected chi connectivity index (χ2v) is 6.56. The Morgan fingerprint density at radius 1 is 1.38 bits per heavy atom. The Bertz CT molecular complexity index is 568. The summed E-state index contributed by atoms with van der Waals surface area (Å²) in [5.41, 5.74) is 1.25. The average molecular weight is 336 g/mol. The molecule has 1 aromatic rings. The van der Waals surface area contributed by atoms with Gasteiger partial charge < -0.3 is 24.8 Å². The number of hydrogen-bond donors (Lipinski definition) is 2. The fourth-order valence-corrected chi connectivity index (χ4v) is 3.09. The van der Waals surface area contributed by atoms with E-state index in [1.807, 2.05) is 32.0 Å². The molecule has 1 fully saturated rings. The molecule has 1 atom stereocenters. The number of urea groups is 1. The minimum Gasteiger partial charge on any atom is -0.496 e. The maximum absolute atomic E-state index is 12.5. The Kier molecular flexibility index (Phi) is 6.07. The van der Waals surface area contributed by atoms with Gasteiger partial charge in [-0.15, -0.1) is 0 Å². The smallest absolute Gasteiger partial charge is 0.317 e. The first-order valence-corrected chi connectivity index (χ1v) is 8.30. The van der Waals surface area contributed by atoms with E-state index in [-0.39, 0.29) is 12.1 Å². The Balaban J connectivity index is 1.97. The van der Waals surface area contributed by atoms with Crippen molar-refractivity contribution >= 4 is 6.03 Å². The number of hydrogen-bond acceptors (Lipinski definition) is 4. The van der Waals surface area contributed by atoms with Gasteiger partial charge in [-0.3, -0.25) is 0 Å². The number of nitrogens with one attached hydrogen (secondary N) is 1. The molecule has 0 saturated carbocycles. The van der Waals surface area contributed by atoms with E-state index in [0.717, 1.165) is 16.9 Å². The Hall–Kier alpha value is -1.79. The van der Waals surface area contributed by atoms with Crippen molar-refractivity contribution in [2.45, 2.75) is 38.3 Å². The van der Waals surface area contributed by atoms with Crippen molar-refractivity contribution in [1.82, 2.24) is 10.2 Å². The number of aryl methyl sites for hydroxylation is 1. The van der Waals surface area contributed by atoms with E-state index in [9.17, 15) is 9.90 Å². The summed E-state index contributed by atoms with van der Waals surface area (Å²) in [5, 5.41) is 13.4. The third kappa shape index (κ3) is 4.39. The number of benzene rings is 1. The lowest BCUT2D eigenvalue weighted by Crippen LogP contribution is -2.51. The van der Waals surface area contributed by atoms with Gasteiger partial charge >= 0.3 is 6.03 Å². The molecule has 1 aliphatic rings. The van der Waals surface area contributed by atoms with Gasteiger partial charge in [0.25, 0.3) is 0 Å². The van der Waals surface area contributed by atoms with E-state index in [2.05, 4.69) is 5.32 Å². The first-order valence-electron chi connectivity index (χ1n) is 8.30. The largest absolute Gasteiger partial charge is 0.496 e. The molecule has 1 aliphatic heterocycles. The molecule has 1 aromatic carbocycles. The second kappa shape index (κ2) is 7.85. The van der Waals surface area contributed by atoms with Gasteiger partial charge in [-0.1, -0.05) is 17.7 Å². The van der Waals surface area contributed by atoms with Crippen LogP contribution in [0.25, 0.3) is 0 Å². The monoisotopic (exact) mass is 336 g/mol. The molecule has 0 aromatic heterocycles. The second-order valence-electron chi connectivity index (χ2n) is 6.56. The van der Waals surface area contributed by atoms with E-state index in [0.29, 0.717) is 32.5 Å². The van der Waals surface area contributed by atoms with Crippen LogP contribution < -0.4 is 10.1 Å². The lowest BCUT2D eigenvalue weighted by atomic mass is 9.92. The highest BCUT2D eigenvalue weighted by Crippen LogP contribution is 2.27. The van der Waals surface area contributed by atoms with Crippen LogP contribution in [0, 0.1) is 6.92 Å². The molecule has 24 heavy (non-hydrogen) atoms. The summed E-state index contributed by atoms with van der Waals surface area (Å²) in [6.07, 6.45) is 1.05. The van der Waals surface area contributed by atoms with E-state index in [1.54, 1.807) is 19.1 Å². The first kappa shape index (κ1) is 18.5. The van der Waals surface area contributed by atoms with Gasteiger partial charge in [0.2, 0.25) is 0 Å². The first-order chi connectivity index (χ1) is 11.4. The highest BCUT2D eigenvalue weighted by Gasteiger charge is 2.34. The topological polar surface area (TPSA) is 71.0 Å². The molecule has 0 unspecified atom stereocenters. The van der Waals surface area contributed by atoms with Gasteiger partial charge in [0.05, 0.1) is 25.4 Å². The Labute approximate surface area is 143 Å². The molecular weight excluding hydrogens is 308 g/mol. The molecule has 134 valence electrons. The molecule has 0 bridgehead atoms. The zero-order chi connectivity index (χ0) is 17.7. The zero-order valence-electron chi connectivity index (χ0n) is 15.0. The number of aliphatic hydroxyl groups is 1. The lowest BCUT2D eigenvalue weighted by Gasteiger charge is -2.38. The molecule has 2 rings (SSSR count). The summed E-state index contributed by atoms with van der Waals surface area (Å²) in [6, 6.07) is 5.65. The maximum Gasteiger partial charge on any atom is 0.317 e. The third-order valence-corrected chi connectivity index (χ3v) is 4.59. The summed E-state index contributed by atoms with van der Waals surface area (Å²) < 4.78 is 10.4. The lowest BCUT2D eigenvalue weighted by molar-refractivity contribution is -0.0648. The van der Waals surface area contributed by atoms with Crippen LogP contribution in [0.1, 0.15) is 36.9 Å². The van der Waals surface area contributed by atoms with E-state index in [4.69, 9.17) is 9.47 Å². The van der Waals surface area contributed by atoms with Crippen molar-refractivity contribution in [2.75, 3.05) is 33.9 Å². The summed E-state index contributed by atoms with van der Waals surface area (Å²) in [5.74, 6) is 0.765. The number of rotatable bonds is 5. The predicted octanol–water partition coefficient (Wildman–Crippen LogP) is 2.25. The molecule has 6 nitrogen and oxygen atoms in total. The molecule has 0 radical (unpaired) electrons. The number of ether oxygens (including phenoxy) is 2. The molecular formula is C18H28N2O4. The van der Waals surface area contributed by atoms with Crippen molar-refractivity contribution in [3.63, 3.8) is 0 Å². The maximum atomic E-state index is 12.5. The van der Waals surface area contributed by atoms with Gasteiger partial charge in [0.1, 0.15) is 5.75 Å². The summed E-state index contributed by atoms with van der Waals surface area (Å²) in [4.78, 5) is 14.2. The van der Waals surface area contributed by atoms with Gasteiger partial charge in [-0.25, -0.2) is 4.79 Å². The number of carbonyl (C=O) groups is 1. The molecule has 0 spiro atoms. The number of nitrogens with zero attached hydrogens (tertiary/aromatic N) is 1. The summed E-state index contributed by atoms with van der Waals surface area (Å²) >= 11 is 0. The van der Waals surface area contributed by atoms with E-state index < -0.39 is 5.60 Å². The van der Waals surface area contributed by atoms with Crippen LogP contribution in [-0.4, -0.2) is 55.6 Å². The number of amides is 2. The molecule has 2 N–H and O–H groups in total. The van der Waals surface area contributed by atoms with Crippen molar-refractivity contribution in [2.24, 2.45) is 0 Å². The summed E-state index contributed by atoms with van der Waals surface area (Å²) in [7, 11) is 3.21. The minimum absolute atomic E-state index is 0.120. The van der Waals surface area contributed by atoms with Gasteiger partial charge in [0.15, 0.2) is 0 Å². The van der Waals surface area contributed by atoms with Crippen LogP contribution in [0.3, 0.4) is 0 Å². The normalized spacial score (nSPS) is 18.1. The van der Waals surface area contributed by atoms with Crippen LogP contribution >= 0.6 is 0 Å². The third-order valence-electron chi connectivity index (χ3n) is 4.59. The van der Waals surface area contributed by atoms with E-state index in [1.165, 1.54) is 0 Å². The standard InChI is InChI=1S/C18H28N2O4/c1-13-5-6-16(24-4)15(11-13)14(2)19-17(21)20-9-7-18(22,8-10-20)12-23-3/h5-6,11,14,22H,7-10,12H2,1-4H3,(H,19,21)/t14-/m1/s1. The van der Waals surface area contributed by atoms with Gasteiger partial charge in [-0.2, -0.15) is 0 Å². The molecule has 1 heterocycles. The average Bonchev–Trinajstić information content (AvgIpc) is 2.55. The van der Waals surface area contributed by atoms with Crippen LogP contribution in [0.4, 0.5) is 4.79 Å². The van der Waals surface area contributed by atoms with Crippen molar-refractivity contribution in [3.05, 3.63) is 29.3 Å². The highest BCUT2D eigenvalue weighted by molar-refractivity contribution is 5.75. The van der Waals surface area contributed by atoms with Crippen molar-refractivity contribution in [3.8, 4) is 5.75 Å². The van der Waals surface area contributed by atoms with Crippen molar-refractivity contribution < 1.29 is 19.4 Å². The fourth-order valence-electron chi connectivity index (χ4n) is 3.09. The van der Waals surface area contributed by atoms with Gasteiger partial charge in [0, 0.05) is 25.8 Å². The van der Waals surface area contributed by atoms with Crippen LogP contribution in [0.15, 0.2) is 18.2 Å². The zero-order valence-corrected chi connectivity index (χ0v) is 15.0. The quantitative estimate of drug-likeness (QED) is 0.865. The van der Waals surface area contributed by atoms with Crippen LogP contribution in [0.2, 0.25) is 0 Å². The molecule has 6 heteroatoms. The number of methoxy groups -OCH3 is 2. The highest BCUT2D eigenvalue weighted by atomic mass is 16.5. The van der Waals surface area contributed by atoms with Crippen molar-refractivity contribution in [1.29, 1.82) is 0 Å².